The molecule has 0 saturated carbocycles. The summed E-state index contributed by atoms with van der Waals surface area (Å²) in [5, 5.41) is 0. The summed E-state index contributed by atoms with van der Waals surface area (Å²) < 4.78 is 17.8. The Labute approximate surface area is 107 Å². The van der Waals surface area contributed by atoms with E-state index in [0.717, 1.165) is 0 Å². The third kappa shape index (κ3) is 4.43. The Morgan fingerprint density at radius 1 is 1.39 bits per heavy atom. The molecule has 1 aromatic rings. The Hall–Kier alpha value is -1.46. The van der Waals surface area contributed by atoms with E-state index in [4.69, 9.17) is 10.5 Å². The van der Waals surface area contributed by atoms with Crippen molar-refractivity contribution in [3.05, 3.63) is 30.1 Å². The highest BCUT2D eigenvalue weighted by atomic mass is 19.1. The molecule has 4 nitrogen and oxygen atoms in total. The van der Waals surface area contributed by atoms with Gasteiger partial charge >= 0.3 is 0 Å². The summed E-state index contributed by atoms with van der Waals surface area (Å²) in [6.45, 7) is 1.42. The summed E-state index contributed by atoms with van der Waals surface area (Å²) in [6, 6.07) is 5.87. The van der Waals surface area contributed by atoms with Crippen molar-refractivity contribution in [1.29, 1.82) is 0 Å². The lowest BCUT2D eigenvalue weighted by Crippen LogP contribution is -2.33. The lowest BCUT2D eigenvalue weighted by atomic mass is 10.2. The standard InChI is InChI=1S/C13H19FN2O2/c1-18-10-7-13(17)16(9-2-8-15)12-5-3-11(14)4-6-12/h3-6H,2,7-10,15H2,1H3. The van der Waals surface area contributed by atoms with E-state index >= 15 is 0 Å². The van der Waals surface area contributed by atoms with Crippen LogP contribution in [0.2, 0.25) is 0 Å². The number of halogens is 1. The van der Waals surface area contributed by atoms with E-state index < -0.39 is 0 Å². The van der Waals surface area contributed by atoms with Gasteiger partial charge in [-0.05, 0) is 37.2 Å². The molecule has 5 heteroatoms. The van der Waals surface area contributed by atoms with Crippen LogP contribution >= 0.6 is 0 Å². The average molecular weight is 254 g/mol. The lowest BCUT2D eigenvalue weighted by Gasteiger charge is -2.22. The SMILES string of the molecule is COCCC(=O)N(CCCN)c1ccc(F)cc1. The molecule has 0 aliphatic carbocycles. The Kier molecular flexibility index (Phi) is 6.32. The van der Waals surface area contributed by atoms with Gasteiger partial charge in [-0.1, -0.05) is 0 Å². The highest BCUT2D eigenvalue weighted by molar-refractivity contribution is 5.93. The summed E-state index contributed by atoms with van der Waals surface area (Å²) in [7, 11) is 1.55. The maximum absolute atomic E-state index is 12.9. The number of benzene rings is 1. The molecule has 0 spiro atoms. The minimum absolute atomic E-state index is 0.0445. The molecular formula is C13H19FN2O2. The largest absolute Gasteiger partial charge is 0.384 e. The molecule has 0 heterocycles. The van der Waals surface area contributed by atoms with Crippen molar-refractivity contribution in [2.75, 3.05) is 31.7 Å². The van der Waals surface area contributed by atoms with Crippen molar-refractivity contribution < 1.29 is 13.9 Å². The van der Waals surface area contributed by atoms with E-state index in [1.54, 1.807) is 24.1 Å². The molecule has 100 valence electrons. The van der Waals surface area contributed by atoms with Crippen molar-refractivity contribution in [3.8, 4) is 0 Å². The van der Waals surface area contributed by atoms with Crippen LogP contribution in [0.25, 0.3) is 0 Å². The Morgan fingerprint density at radius 2 is 2.06 bits per heavy atom. The molecule has 0 bridgehead atoms. The Bertz CT molecular complexity index is 368. The van der Waals surface area contributed by atoms with Crippen molar-refractivity contribution in [3.63, 3.8) is 0 Å². The van der Waals surface area contributed by atoms with Crippen molar-refractivity contribution >= 4 is 11.6 Å². The van der Waals surface area contributed by atoms with Crippen LogP contribution in [0.15, 0.2) is 24.3 Å². The first-order valence-electron chi connectivity index (χ1n) is 5.94. The van der Waals surface area contributed by atoms with Crippen LogP contribution in [-0.2, 0) is 9.53 Å². The average Bonchev–Trinajstić information content (AvgIpc) is 2.38. The van der Waals surface area contributed by atoms with Gasteiger partial charge in [-0.15, -0.1) is 0 Å². The number of amides is 1. The monoisotopic (exact) mass is 254 g/mol. The van der Waals surface area contributed by atoms with E-state index in [1.165, 1.54) is 12.1 Å². The fraction of sp³-hybridized carbons (Fsp3) is 0.462. The molecule has 0 fully saturated rings. The van der Waals surface area contributed by atoms with Gasteiger partial charge in [0.25, 0.3) is 0 Å². The van der Waals surface area contributed by atoms with Gasteiger partial charge in [0, 0.05) is 19.3 Å². The van der Waals surface area contributed by atoms with E-state index in [1.807, 2.05) is 0 Å². The highest BCUT2D eigenvalue weighted by Gasteiger charge is 2.14. The molecule has 2 N–H and O–H groups in total. The van der Waals surface area contributed by atoms with Gasteiger partial charge in [0.05, 0.1) is 13.0 Å². The van der Waals surface area contributed by atoms with E-state index in [0.29, 0.717) is 38.2 Å². The molecular weight excluding hydrogens is 235 g/mol. The first-order valence-corrected chi connectivity index (χ1v) is 5.94. The van der Waals surface area contributed by atoms with Crippen LogP contribution in [-0.4, -0.2) is 32.7 Å². The smallest absolute Gasteiger partial charge is 0.229 e. The number of nitrogens with zero attached hydrogens (tertiary/aromatic N) is 1. The third-order valence-electron chi connectivity index (χ3n) is 2.55. The van der Waals surface area contributed by atoms with E-state index in [2.05, 4.69) is 0 Å². The Morgan fingerprint density at radius 3 is 2.61 bits per heavy atom. The van der Waals surface area contributed by atoms with Crippen LogP contribution in [0, 0.1) is 5.82 Å². The maximum Gasteiger partial charge on any atom is 0.229 e. The second kappa shape index (κ2) is 7.79. The second-order valence-electron chi connectivity index (χ2n) is 3.91. The number of nitrogens with two attached hydrogens (primary N) is 1. The van der Waals surface area contributed by atoms with Gasteiger partial charge in [0.2, 0.25) is 5.91 Å². The van der Waals surface area contributed by atoms with Gasteiger partial charge < -0.3 is 15.4 Å². The fourth-order valence-electron chi connectivity index (χ4n) is 1.59. The quantitative estimate of drug-likeness (QED) is 0.803. The zero-order valence-electron chi connectivity index (χ0n) is 10.6. The summed E-state index contributed by atoms with van der Waals surface area (Å²) in [6.07, 6.45) is 1.01. The topological polar surface area (TPSA) is 55.6 Å². The third-order valence-corrected chi connectivity index (χ3v) is 2.55. The predicted molar refractivity (Wildman–Crippen MR) is 68.9 cm³/mol. The molecule has 0 aliphatic heterocycles. The number of hydrogen-bond donors (Lipinski definition) is 1. The van der Waals surface area contributed by atoms with Crippen LogP contribution in [0.3, 0.4) is 0 Å². The first-order chi connectivity index (χ1) is 8.69. The number of hydrogen-bond acceptors (Lipinski definition) is 3. The van der Waals surface area contributed by atoms with Crippen LogP contribution < -0.4 is 10.6 Å². The summed E-state index contributed by atoms with van der Waals surface area (Å²) in [5.74, 6) is -0.362. The number of methoxy groups -OCH3 is 1. The van der Waals surface area contributed by atoms with E-state index in [-0.39, 0.29) is 11.7 Å². The Balaban J connectivity index is 2.76. The van der Waals surface area contributed by atoms with Crippen molar-refractivity contribution in [2.24, 2.45) is 5.73 Å². The summed E-state index contributed by atoms with van der Waals surface area (Å²) >= 11 is 0. The van der Waals surface area contributed by atoms with Gasteiger partial charge in [-0.25, -0.2) is 4.39 Å². The number of anilines is 1. The molecule has 0 saturated heterocycles. The van der Waals surface area contributed by atoms with Gasteiger partial charge in [0.1, 0.15) is 5.82 Å². The second-order valence-corrected chi connectivity index (χ2v) is 3.91. The molecule has 1 rings (SSSR count). The first kappa shape index (κ1) is 14.6. The van der Waals surface area contributed by atoms with Crippen molar-refractivity contribution in [1.82, 2.24) is 0 Å². The number of carbonyl (C=O) groups excluding carboxylic acids is 1. The lowest BCUT2D eigenvalue weighted by molar-refractivity contribution is -0.119. The molecule has 1 aromatic carbocycles. The van der Waals surface area contributed by atoms with Crippen molar-refractivity contribution in [2.45, 2.75) is 12.8 Å². The van der Waals surface area contributed by atoms with E-state index in [9.17, 15) is 9.18 Å². The number of rotatable bonds is 7. The summed E-state index contributed by atoms with van der Waals surface area (Å²) in [5.41, 5.74) is 6.14. The van der Waals surface area contributed by atoms with Gasteiger partial charge in [0.15, 0.2) is 0 Å². The van der Waals surface area contributed by atoms with Gasteiger partial charge in [-0.2, -0.15) is 0 Å². The molecule has 0 radical (unpaired) electrons. The molecule has 0 atom stereocenters. The minimum Gasteiger partial charge on any atom is -0.384 e. The predicted octanol–water partition coefficient (Wildman–Crippen LogP) is 1.54. The van der Waals surface area contributed by atoms with Gasteiger partial charge in [-0.3, -0.25) is 4.79 Å². The highest BCUT2D eigenvalue weighted by Crippen LogP contribution is 2.16. The fourth-order valence-corrected chi connectivity index (χ4v) is 1.59. The zero-order valence-corrected chi connectivity index (χ0v) is 10.6. The minimum atomic E-state index is -0.318. The van der Waals surface area contributed by atoms with Crippen LogP contribution in [0.1, 0.15) is 12.8 Å². The molecule has 0 aliphatic rings. The normalized spacial score (nSPS) is 10.4. The zero-order chi connectivity index (χ0) is 13.4. The maximum atomic E-state index is 12.9. The molecule has 18 heavy (non-hydrogen) atoms. The molecule has 0 unspecified atom stereocenters. The van der Waals surface area contributed by atoms with Crippen LogP contribution in [0.5, 0.6) is 0 Å². The molecule has 1 amide bonds. The van der Waals surface area contributed by atoms with Crippen LogP contribution in [0.4, 0.5) is 10.1 Å². The summed E-state index contributed by atoms with van der Waals surface area (Å²) in [4.78, 5) is 13.6. The molecule has 0 aromatic heterocycles. The number of carbonyl (C=O) groups is 1. The number of ether oxygens (including phenoxy) is 1.